The number of nitrogens with zero attached hydrogens (tertiary/aromatic N) is 1. The maximum atomic E-state index is 13.2. The molecule has 0 heterocycles. The molecule has 1 N–H and O–H groups in total. The largest absolute Gasteiger partial charge is 0.484 e. The van der Waals surface area contributed by atoms with Crippen LogP contribution in [0.5, 0.6) is 5.75 Å². The Bertz CT molecular complexity index is 850. The van der Waals surface area contributed by atoms with E-state index in [1.807, 2.05) is 83.1 Å². The molecule has 2 rings (SSSR count). The number of nitrogens with one attached hydrogen (secondary N) is 1. The lowest BCUT2D eigenvalue weighted by Gasteiger charge is -2.31. The summed E-state index contributed by atoms with van der Waals surface area (Å²) >= 11 is 0. The van der Waals surface area contributed by atoms with Crippen LogP contribution in [0.2, 0.25) is 0 Å². The van der Waals surface area contributed by atoms with Crippen LogP contribution < -0.4 is 10.1 Å². The number of amides is 2. The second-order valence-electron chi connectivity index (χ2n) is 7.74. The van der Waals surface area contributed by atoms with Crippen molar-refractivity contribution in [3.8, 4) is 5.75 Å². The first-order valence-electron chi connectivity index (χ1n) is 10.7. The predicted octanol–water partition coefficient (Wildman–Crippen LogP) is 4.40. The van der Waals surface area contributed by atoms with Gasteiger partial charge in [0.15, 0.2) is 6.61 Å². The summed E-state index contributed by atoms with van der Waals surface area (Å²) < 4.78 is 5.80. The summed E-state index contributed by atoms with van der Waals surface area (Å²) in [5, 5.41) is 3.03. The fourth-order valence-electron chi connectivity index (χ4n) is 3.27. The second-order valence-corrected chi connectivity index (χ2v) is 7.74. The molecule has 30 heavy (non-hydrogen) atoms. The molecule has 0 saturated carbocycles. The van der Waals surface area contributed by atoms with E-state index in [0.29, 0.717) is 18.7 Å². The normalized spacial score (nSPS) is 12.7. The molecule has 0 aliphatic heterocycles. The van der Waals surface area contributed by atoms with E-state index < -0.39 is 6.04 Å². The van der Waals surface area contributed by atoms with Crippen LogP contribution in [0.1, 0.15) is 50.3 Å². The van der Waals surface area contributed by atoms with Crippen molar-refractivity contribution in [1.29, 1.82) is 0 Å². The molecule has 2 unspecified atom stereocenters. The first-order valence-corrected chi connectivity index (χ1v) is 10.7. The summed E-state index contributed by atoms with van der Waals surface area (Å²) in [7, 11) is 0. The SMILES string of the molecule is CCC(C)NC(=O)C(CC)N(Cc1ccccc1C)C(=O)COc1ccccc1C. The molecule has 0 bridgehead atoms. The minimum atomic E-state index is -0.549. The van der Waals surface area contributed by atoms with Gasteiger partial charge in [-0.25, -0.2) is 0 Å². The Kier molecular flexibility index (Phi) is 8.90. The molecule has 5 heteroatoms. The molecular weight excluding hydrogens is 376 g/mol. The van der Waals surface area contributed by atoms with Gasteiger partial charge >= 0.3 is 0 Å². The van der Waals surface area contributed by atoms with Crippen molar-refractivity contribution in [3.63, 3.8) is 0 Å². The number of carbonyl (C=O) groups excluding carboxylic acids is 2. The molecule has 0 radical (unpaired) electrons. The zero-order chi connectivity index (χ0) is 22.1. The molecule has 0 aromatic heterocycles. The van der Waals surface area contributed by atoms with Crippen molar-refractivity contribution < 1.29 is 14.3 Å². The summed E-state index contributed by atoms with van der Waals surface area (Å²) in [6.45, 7) is 10.2. The van der Waals surface area contributed by atoms with E-state index in [9.17, 15) is 9.59 Å². The number of ether oxygens (including phenoxy) is 1. The molecule has 5 nitrogen and oxygen atoms in total. The monoisotopic (exact) mass is 410 g/mol. The highest BCUT2D eigenvalue weighted by Gasteiger charge is 2.29. The standard InChI is InChI=1S/C25H34N2O3/c1-6-20(5)26-25(29)22(7-2)27(16-21-14-10-8-12-18(21)3)24(28)17-30-23-15-11-9-13-19(23)4/h8-15,20,22H,6-7,16-17H2,1-5H3,(H,26,29). The van der Waals surface area contributed by atoms with Crippen molar-refractivity contribution >= 4 is 11.8 Å². The van der Waals surface area contributed by atoms with Gasteiger partial charge in [0.05, 0.1) is 0 Å². The van der Waals surface area contributed by atoms with Crippen molar-refractivity contribution in [2.75, 3.05) is 6.61 Å². The van der Waals surface area contributed by atoms with Crippen LogP contribution >= 0.6 is 0 Å². The Morgan fingerprint density at radius 1 is 0.967 bits per heavy atom. The van der Waals surface area contributed by atoms with Gasteiger partial charge in [-0.2, -0.15) is 0 Å². The molecule has 2 atom stereocenters. The molecule has 0 saturated heterocycles. The topological polar surface area (TPSA) is 58.6 Å². The van der Waals surface area contributed by atoms with Crippen molar-refractivity contribution in [2.45, 2.75) is 66.1 Å². The second kappa shape index (κ2) is 11.4. The van der Waals surface area contributed by atoms with E-state index in [1.165, 1.54) is 0 Å². The van der Waals surface area contributed by atoms with Gasteiger partial charge in [-0.3, -0.25) is 9.59 Å². The molecule has 162 valence electrons. The van der Waals surface area contributed by atoms with Crippen LogP contribution in [0, 0.1) is 13.8 Å². The van der Waals surface area contributed by atoms with Crippen molar-refractivity contribution in [2.24, 2.45) is 0 Å². The van der Waals surface area contributed by atoms with E-state index in [-0.39, 0.29) is 24.5 Å². The first kappa shape index (κ1) is 23.5. The Labute approximate surface area is 180 Å². The number of hydrogen-bond acceptors (Lipinski definition) is 3. The Hall–Kier alpha value is -2.82. The Morgan fingerprint density at radius 2 is 1.60 bits per heavy atom. The van der Waals surface area contributed by atoms with E-state index in [2.05, 4.69) is 5.32 Å². The molecule has 0 spiro atoms. The van der Waals surface area contributed by atoms with Crippen LogP contribution in [0.3, 0.4) is 0 Å². The van der Waals surface area contributed by atoms with E-state index in [0.717, 1.165) is 23.1 Å². The molecule has 0 aliphatic rings. The lowest BCUT2D eigenvalue weighted by atomic mass is 10.1. The van der Waals surface area contributed by atoms with E-state index in [4.69, 9.17) is 4.74 Å². The molecule has 0 aliphatic carbocycles. The van der Waals surface area contributed by atoms with Gasteiger partial charge in [0, 0.05) is 12.6 Å². The number of hydrogen-bond donors (Lipinski definition) is 1. The smallest absolute Gasteiger partial charge is 0.261 e. The summed E-state index contributed by atoms with van der Waals surface area (Å²) in [4.78, 5) is 27.8. The predicted molar refractivity (Wildman–Crippen MR) is 120 cm³/mol. The number of benzene rings is 2. The maximum absolute atomic E-state index is 13.2. The highest BCUT2D eigenvalue weighted by molar-refractivity contribution is 5.88. The average Bonchev–Trinajstić information content (AvgIpc) is 2.74. The minimum absolute atomic E-state index is 0.0604. The summed E-state index contributed by atoms with van der Waals surface area (Å²) in [6, 6.07) is 15.1. The van der Waals surface area contributed by atoms with Crippen LogP contribution in [-0.2, 0) is 16.1 Å². The molecule has 2 aromatic rings. The van der Waals surface area contributed by atoms with Crippen LogP contribution in [0.25, 0.3) is 0 Å². The Balaban J connectivity index is 2.24. The lowest BCUT2D eigenvalue weighted by Crippen LogP contribution is -2.51. The van der Waals surface area contributed by atoms with Gasteiger partial charge < -0.3 is 15.0 Å². The van der Waals surface area contributed by atoms with Crippen LogP contribution in [0.15, 0.2) is 48.5 Å². The molecular formula is C25H34N2O3. The van der Waals surface area contributed by atoms with Crippen LogP contribution in [0.4, 0.5) is 0 Å². The fourth-order valence-corrected chi connectivity index (χ4v) is 3.27. The van der Waals surface area contributed by atoms with E-state index >= 15 is 0 Å². The number of rotatable bonds is 10. The minimum Gasteiger partial charge on any atom is -0.484 e. The summed E-state index contributed by atoms with van der Waals surface area (Å²) in [5.41, 5.74) is 3.08. The maximum Gasteiger partial charge on any atom is 0.261 e. The van der Waals surface area contributed by atoms with Gasteiger partial charge in [0.2, 0.25) is 5.91 Å². The third kappa shape index (κ3) is 6.34. The molecule has 2 amide bonds. The number of carbonyl (C=O) groups is 2. The van der Waals surface area contributed by atoms with Gasteiger partial charge in [-0.15, -0.1) is 0 Å². The van der Waals surface area contributed by atoms with Gasteiger partial charge in [0.25, 0.3) is 5.91 Å². The van der Waals surface area contributed by atoms with Crippen molar-refractivity contribution in [3.05, 3.63) is 65.2 Å². The lowest BCUT2D eigenvalue weighted by molar-refractivity contribution is -0.143. The third-order valence-corrected chi connectivity index (χ3v) is 5.43. The summed E-state index contributed by atoms with van der Waals surface area (Å²) in [6.07, 6.45) is 1.37. The van der Waals surface area contributed by atoms with Gasteiger partial charge in [-0.05, 0) is 56.4 Å². The zero-order valence-corrected chi connectivity index (χ0v) is 18.8. The van der Waals surface area contributed by atoms with Crippen LogP contribution in [-0.4, -0.2) is 35.4 Å². The zero-order valence-electron chi connectivity index (χ0n) is 18.8. The van der Waals surface area contributed by atoms with Crippen molar-refractivity contribution in [1.82, 2.24) is 10.2 Å². The van der Waals surface area contributed by atoms with Gasteiger partial charge in [-0.1, -0.05) is 56.3 Å². The Morgan fingerprint density at radius 3 is 2.20 bits per heavy atom. The highest BCUT2D eigenvalue weighted by atomic mass is 16.5. The highest BCUT2D eigenvalue weighted by Crippen LogP contribution is 2.19. The first-order chi connectivity index (χ1) is 14.4. The number of para-hydroxylation sites is 1. The average molecular weight is 411 g/mol. The fraction of sp³-hybridized carbons (Fsp3) is 0.440. The van der Waals surface area contributed by atoms with E-state index in [1.54, 1.807) is 4.90 Å². The number of aryl methyl sites for hydroxylation is 2. The molecule has 0 fully saturated rings. The summed E-state index contributed by atoms with van der Waals surface area (Å²) in [5.74, 6) is 0.358. The van der Waals surface area contributed by atoms with Gasteiger partial charge in [0.1, 0.15) is 11.8 Å². The quantitative estimate of drug-likeness (QED) is 0.631. The third-order valence-electron chi connectivity index (χ3n) is 5.43. The molecule has 2 aromatic carbocycles.